The zero-order chi connectivity index (χ0) is 14.3. The topological polar surface area (TPSA) is 30.2 Å². The molecule has 20 heavy (non-hydrogen) atoms. The predicted octanol–water partition coefficient (Wildman–Crippen LogP) is 5.34. The second-order valence-electron chi connectivity index (χ2n) is 4.59. The van der Waals surface area contributed by atoms with E-state index in [-0.39, 0.29) is 5.78 Å². The lowest BCUT2D eigenvalue weighted by molar-refractivity contribution is 0.101. The van der Waals surface area contributed by atoms with E-state index in [1.54, 1.807) is 6.07 Å². The molecular formula is C16H10BrIO2. The Labute approximate surface area is 138 Å². The lowest BCUT2D eigenvalue weighted by atomic mass is 10.1. The maximum absolute atomic E-state index is 12.4. The average molecular weight is 441 g/mol. The van der Waals surface area contributed by atoms with Crippen molar-refractivity contribution in [1.82, 2.24) is 0 Å². The van der Waals surface area contributed by atoms with Crippen molar-refractivity contribution in [3.8, 4) is 0 Å². The first-order chi connectivity index (χ1) is 9.54. The van der Waals surface area contributed by atoms with Crippen molar-refractivity contribution >= 4 is 55.3 Å². The SMILES string of the molecule is Cc1cc(Br)cc2cc(C(=O)c3ccc(I)cc3)oc12. The zero-order valence-electron chi connectivity index (χ0n) is 10.6. The smallest absolute Gasteiger partial charge is 0.228 e. The number of fused-ring (bicyclic) bond motifs is 1. The van der Waals surface area contributed by atoms with Crippen molar-refractivity contribution in [3.63, 3.8) is 0 Å². The largest absolute Gasteiger partial charge is 0.452 e. The van der Waals surface area contributed by atoms with Gasteiger partial charge >= 0.3 is 0 Å². The van der Waals surface area contributed by atoms with E-state index in [0.29, 0.717) is 11.3 Å². The predicted molar refractivity (Wildman–Crippen MR) is 91.2 cm³/mol. The summed E-state index contributed by atoms with van der Waals surface area (Å²) in [5.74, 6) is 0.288. The number of ketones is 1. The molecule has 0 saturated carbocycles. The van der Waals surface area contributed by atoms with Crippen LogP contribution in [0.25, 0.3) is 11.0 Å². The molecule has 3 rings (SSSR count). The molecule has 2 nitrogen and oxygen atoms in total. The van der Waals surface area contributed by atoms with E-state index < -0.39 is 0 Å². The van der Waals surface area contributed by atoms with Crippen LogP contribution in [-0.4, -0.2) is 5.78 Å². The van der Waals surface area contributed by atoms with E-state index in [2.05, 4.69) is 38.5 Å². The molecule has 0 bridgehead atoms. The Bertz CT molecular complexity index is 803. The minimum absolute atomic E-state index is 0.0897. The molecule has 0 amide bonds. The van der Waals surface area contributed by atoms with Crippen LogP contribution in [0, 0.1) is 10.5 Å². The molecular weight excluding hydrogens is 431 g/mol. The van der Waals surface area contributed by atoms with E-state index in [1.807, 2.05) is 43.3 Å². The molecule has 4 heteroatoms. The van der Waals surface area contributed by atoms with Crippen molar-refractivity contribution < 1.29 is 9.21 Å². The highest BCUT2D eigenvalue weighted by Crippen LogP contribution is 2.28. The summed E-state index contributed by atoms with van der Waals surface area (Å²) in [7, 11) is 0. The van der Waals surface area contributed by atoms with E-state index in [1.165, 1.54) is 0 Å². The minimum Gasteiger partial charge on any atom is -0.452 e. The van der Waals surface area contributed by atoms with Crippen LogP contribution in [-0.2, 0) is 0 Å². The Kier molecular flexibility index (Phi) is 3.69. The number of hydrogen-bond donors (Lipinski definition) is 0. The van der Waals surface area contributed by atoms with Gasteiger partial charge in [-0.25, -0.2) is 0 Å². The van der Waals surface area contributed by atoms with Gasteiger partial charge in [0.15, 0.2) is 5.76 Å². The molecule has 3 aromatic rings. The Hall–Kier alpha value is -1.14. The molecule has 0 unspecified atom stereocenters. The van der Waals surface area contributed by atoms with Crippen LogP contribution in [0.15, 0.2) is 51.4 Å². The fraction of sp³-hybridized carbons (Fsp3) is 0.0625. The van der Waals surface area contributed by atoms with Crippen LogP contribution in [0.3, 0.4) is 0 Å². The number of carbonyl (C=O) groups excluding carboxylic acids is 1. The summed E-state index contributed by atoms with van der Waals surface area (Å²) in [4.78, 5) is 12.4. The van der Waals surface area contributed by atoms with Crippen molar-refractivity contribution in [2.24, 2.45) is 0 Å². The van der Waals surface area contributed by atoms with Crippen LogP contribution in [0.5, 0.6) is 0 Å². The number of hydrogen-bond acceptors (Lipinski definition) is 2. The lowest BCUT2D eigenvalue weighted by Gasteiger charge is -1.98. The van der Waals surface area contributed by atoms with Crippen LogP contribution in [0.2, 0.25) is 0 Å². The Morgan fingerprint density at radius 1 is 1.15 bits per heavy atom. The van der Waals surface area contributed by atoms with Gasteiger partial charge in [-0.1, -0.05) is 15.9 Å². The van der Waals surface area contributed by atoms with E-state index in [0.717, 1.165) is 24.6 Å². The fourth-order valence-corrected chi connectivity index (χ4v) is 3.09. The minimum atomic E-state index is -0.0897. The number of furan rings is 1. The normalized spacial score (nSPS) is 10.9. The zero-order valence-corrected chi connectivity index (χ0v) is 14.4. The highest BCUT2D eigenvalue weighted by Gasteiger charge is 2.15. The first-order valence-electron chi connectivity index (χ1n) is 6.04. The third-order valence-electron chi connectivity index (χ3n) is 3.10. The molecule has 2 aromatic carbocycles. The van der Waals surface area contributed by atoms with Crippen LogP contribution < -0.4 is 0 Å². The number of benzene rings is 2. The van der Waals surface area contributed by atoms with Gasteiger partial charge in [-0.2, -0.15) is 0 Å². The van der Waals surface area contributed by atoms with Gasteiger partial charge in [-0.15, -0.1) is 0 Å². The molecule has 0 atom stereocenters. The number of halogens is 2. The van der Waals surface area contributed by atoms with Gasteiger partial charge in [-0.3, -0.25) is 4.79 Å². The van der Waals surface area contributed by atoms with E-state index in [9.17, 15) is 4.79 Å². The third-order valence-corrected chi connectivity index (χ3v) is 4.27. The van der Waals surface area contributed by atoms with Crippen molar-refractivity contribution in [1.29, 1.82) is 0 Å². The fourth-order valence-electron chi connectivity index (χ4n) is 2.14. The molecule has 0 N–H and O–H groups in total. The van der Waals surface area contributed by atoms with E-state index in [4.69, 9.17) is 4.42 Å². The van der Waals surface area contributed by atoms with Gasteiger partial charge in [0, 0.05) is 19.0 Å². The monoisotopic (exact) mass is 440 g/mol. The Balaban J connectivity index is 2.08. The first-order valence-corrected chi connectivity index (χ1v) is 7.92. The molecule has 100 valence electrons. The van der Waals surface area contributed by atoms with Gasteiger partial charge in [-0.05, 0) is 77.5 Å². The second kappa shape index (κ2) is 5.33. The van der Waals surface area contributed by atoms with Crippen molar-refractivity contribution in [3.05, 3.63) is 67.4 Å². The quantitative estimate of drug-likeness (QED) is 0.397. The van der Waals surface area contributed by atoms with Crippen LogP contribution in [0.4, 0.5) is 0 Å². The third kappa shape index (κ3) is 2.54. The molecule has 1 aromatic heterocycles. The molecule has 1 heterocycles. The number of rotatable bonds is 2. The number of aryl methyl sites for hydroxylation is 1. The van der Waals surface area contributed by atoms with Gasteiger partial charge < -0.3 is 4.42 Å². The highest BCUT2D eigenvalue weighted by atomic mass is 127. The van der Waals surface area contributed by atoms with Gasteiger partial charge in [0.1, 0.15) is 5.58 Å². The van der Waals surface area contributed by atoms with Crippen LogP contribution >= 0.6 is 38.5 Å². The Morgan fingerprint density at radius 3 is 2.55 bits per heavy atom. The summed E-state index contributed by atoms with van der Waals surface area (Å²) in [6.07, 6.45) is 0. The summed E-state index contributed by atoms with van der Waals surface area (Å²) in [5, 5.41) is 0.936. The Morgan fingerprint density at radius 2 is 1.85 bits per heavy atom. The summed E-state index contributed by atoms with van der Waals surface area (Å²) in [6.45, 7) is 1.97. The van der Waals surface area contributed by atoms with Crippen molar-refractivity contribution in [2.75, 3.05) is 0 Å². The standard InChI is InChI=1S/C16H10BrIO2/c1-9-6-12(17)7-11-8-14(20-16(9)11)15(19)10-2-4-13(18)5-3-10/h2-8H,1H3. The van der Waals surface area contributed by atoms with E-state index >= 15 is 0 Å². The van der Waals surface area contributed by atoms with Gasteiger partial charge in [0.25, 0.3) is 0 Å². The summed E-state index contributed by atoms with van der Waals surface area (Å²) in [6, 6.07) is 13.2. The molecule has 0 aliphatic heterocycles. The molecule has 0 aliphatic rings. The number of carbonyl (C=O) groups is 1. The highest BCUT2D eigenvalue weighted by molar-refractivity contribution is 14.1. The summed E-state index contributed by atoms with van der Waals surface area (Å²) >= 11 is 5.67. The molecule has 0 saturated heterocycles. The summed E-state index contributed by atoms with van der Waals surface area (Å²) < 4.78 is 7.81. The molecule has 0 aliphatic carbocycles. The molecule has 0 spiro atoms. The van der Waals surface area contributed by atoms with Gasteiger partial charge in [0.2, 0.25) is 5.78 Å². The first kappa shape index (κ1) is 13.8. The molecule has 0 fully saturated rings. The summed E-state index contributed by atoms with van der Waals surface area (Å²) in [5.41, 5.74) is 2.42. The van der Waals surface area contributed by atoms with Crippen molar-refractivity contribution in [2.45, 2.75) is 6.92 Å². The maximum atomic E-state index is 12.4. The average Bonchev–Trinajstić information content (AvgIpc) is 2.83. The second-order valence-corrected chi connectivity index (χ2v) is 6.75. The van der Waals surface area contributed by atoms with Crippen LogP contribution in [0.1, 0.15) is 21.7 Å². The lowest BCUT2D eigenvalue weighted by Crippen LogP contribution is -1.98. The molecule has 0 radical (unpaired) electrons. The maximum Gasteiger partial charge on any atom is 0.228 e. The van der Waals surface area contributed by atoms with Gasteiger partial charge in [0.05, 0.1) is 0 Å².